The van der Waals surface area contributed by atoms with E-state index in [1.54, 1.807) is 0 Å². The molecule has 1 atom stereocenters. The van der Waals surface area contributed by atoms with E-state index in [-0.39, 0.29) is 0 Å². The first kappa shape index (κ1) is 22.8. The smallest absolute Gasteiger partial charge is 0.224 e. The van der Waals surface area contributed by atoms with Gasteiger partial charge in [0.1, 0.15) is 5.82 Å². The van der Waals surface area contributed by atoms with E-state index in [2.05, 4.69) is 69.0 Å². The minimum Gasteiger partial charge on any atom is -0.356 e. The van der Waals surface area contributed by atoms with Crippen LogP contribution in [0.15, 0.2) is 42.6 Å². The molecule has 2 aromatic heterocycles. The zero-order valence-corrected chi connectivity index (χ0v) is 20.6. The summed E-state index contributed by atoms with van der Waals surface area (Å²) in [5.74, 6) is 1.82. The molecule has 4 heterocycles. The Bertz CT molecular complexity index is 1070. The van der Waals surface area contributed by atoms with Crippen LogP contribution in [0.5, 0.6) is 0 Å². The molecule has 0 saturated carbocycles. The third-order valence-corrected chi connectivity index (χ3v) is 7.23. The molecule has 0 radical (unpaired) electrons. The number of benzene rings is 1. The monoisotopic (exact) mass is 459 g/mol. The maximum Gasteiger partial charge on any atom is 0.224 e. The first-order chi connectivity index (χ1) is 16.7. The van der Waals surface area contributed by atoms with E-state index in [9.17, 15) is 0 Å². The predicted molar refractivity (Wildman–Crippen MR) is 138 cm³/mol. The third-order valence-electron chi connectivity index (χ3n) is 7.23. The molecule has 2 aliphatic heterocycles. The van der Waals surface area contributed by atoms with Gasteiger partial charge in [0.25, 0.3) is 0 Å². The lowest BCUT2D eigenvalue weighted by atomic mass is 10.0. The molecule has 7 heteroatoms. The molecule has 2 saturated heterocycles. The Balaban J connectivity index is 1.24. The fraction of sp³-hybridized carbons (Fsp3) is 0.519. The van der Waals surface area contributed by atoms with Gasteiger partial charge >= 0.3 is 0 Å². The molecule has 2 fully saturated rings. The van der Waals surface area contributed by atoms with Crippen molar-refractivity contribution >= 4 is 11.8 Å². The van der Waals surface area contributed by atoms with Gasteiger partial charge in [0.15, 0.2) is 0 Å². The summed E-state index contributed by atoms with van der Waals surface area (Å²) in [6.45, 7) is 9.55. The second-order valence-corrected chi connectivity index (χ2v) is 9.76. The summed E-state index contributed by atoms with van der Waals surface area (Å²) in [5.41, 5.74) is 4.80. The lowest BCUT2D eigenvalue weighted by Crippen LogP contribution is -2.42. The summed E-state index contributed by atoms with van der Waals surface area (Å²) in [7, 11) is 0. The Morgan fingerprint density at radius 3 is 2.53 bits per heavy atom. The van der Waals surface area contributed by atoms with E-state index < -0.39 is 0 Å². The zero-order valence-electron chi connectivity index (χ0n) is 20.6. The van der Waals surface area contributed by atoms with Crippen molar-refractivity contribution in [3.63, 3.8) is 0 Å². The van der Waals surface area contributed by atoms with Gasteiger partial charge in [0.05, 0.1) is 11.4 Å². The van der Waals surface area contributed by atoms with Crippen LogP contribution in [0.25, 0.3) is 5.69 Å². The molecule has 5 rings (SSSR count). The van der Waals surface area contributed by atoms with Crippen LogP contribution < -0.4 is 10.2 Å². The van der Waals surface area contributed by atoms with Gasteiger partial charge in [-0.2, -0.15) is 10.1 Å². The number of aromatic nitrogens is 4. The Morgan fingerprint density at radius 1 is 0.941 bits per heavy atom. The van der Waals surface area contributed by atoms with E-state index in [1.807, 2.05) is 12.3 Å². The van der Waals surface area contributed by atoms with Gasteiger partial charge in [0, 0.05) is 49.7 Å². The minimum atomic E-state index is 0.359. The Kier molecular flexibility index (Phi) is 7.09. The third kappa shape index (κ3) is 5.25. The highest BCUT2D eigenvalue weighted by molar-refractivity contribution is 5.43. The van der Waals surface area contributed by atoms with E-state index >= 15 is 0 Å². The van der Waals surface area contributed by atoms with Gasteiger partial charge in [-0.25, -0.2) is 9.67 Å². The summed E-state index contributed by atoms with van der Waals surface area (Å²) in [6.07, 6.45) is 9.39. The summed E-state index contributed by atoms with van der Waals surface area (Å²) in [6, 6.07) is 12.8. The quantitative estimate of drug-likeness (QED) is 0.575. The average molecular weight is 460 g/mol. The van der Waals surface area contributed by atoms with Crippen LogP contribution in [0.3, 0.4) is 0 Å². The fourth-order valence-electron chi connectivity index (χ4n) is 5.34. The van der Waals surface area contributed by atoms with Gasteiger partial charge < -0.3 is 10.2 Å². The van der Waals surface area contributed by atoms with Gasteiger partial charge in [-0.05, 0) is 64.3 Å². The molecule has 0 aliphatic carbocycles. The number of anilines is 2. The Hall–Kier alpha value is -2.93. The number of para-hydroxylation sites is 1. The lowest BCUT2D eigenvalue weighted by Gasteiger charge is -2.33. The molecular formula is C27H37N7. The van der Waals surface area contributed by atoms with Gasteiger partial charge in [0.2, 0.25) is 5.95 Å². The number of hydrogen-bond acceptors (Lipinski definition) is 6. The molecule has 34 heavy (non-hydrogen) atoms. The molecule has 180 valence electrons. The zero-order chi connectivity index (χ0) is 23.3. The summed E-state index contributed by atoms with van der Waals surface area (Å²) in [5, 5.41) is 8.48. The van der Waals surface area contributed by atoms with Gasteiger partial charge in [-0.1, -0.05) is 31.0 Å². The van der Waals surface area contributed by atoms with Crippen molar-refractivity contribution in [1.29, 1.82) is 0 Å². The number of nitrogens with one attached hydrogen (secondary N) is 1. The van der Waals surface area contributed by atoms with Crippen molar-refractivity contribution in [2.24, 2.45) is 0 Å². The van der Waals surface area contributed by atoms with E-state index in [0.29, 0.717) is 6.04 Å². The number of aryl methyl sites for hydroxylation is 1. The van der Waals surface area contributed by atoms with Crippen molar-refractivity contribution < 1.29 is 0 Å². The first-order valence-electron chi connectivity index (χ1n) is 12.8. The summed E-state index contributed by atoms with van der Waals surface area (Å²) in [4.78, 5) is 14.4. The highest BCUT2D eigenvalue weighted by atomic mass is 15.3. The molecule has 3 aromatic rings. The van der Waals surface area contributed by atoms with Crippen LogP contribution in [0.2, 0.25) is 0 Å². The van der Waals surface area contributed by atoms with E-state index in [1.165, 1.54) is 43.4 Å². The van der Waals surface area contributed by atoms with Crippen molar-refractivity contribution in [2.45, 2.75) is 65.0 Å². The molecule has 1 N–H and O–H groups in total. The maximum absolute atomic E-state index is 4.88. The van der Waals surface area contributed by atoms with Crippen LogP contribution in [-0.4, -0.2) is 56.9 Å². The van der Waals surface area contributed by atoms with Crippen molar-refractivity contribution in [3.05, 3.63) is 59.5 Å². The molecule has 1 aromatic carbocycles. The minimum absolute atomic E-state index is 0.359. The molecular weight excluding hydrogens is 422 g/mol. The van der Waals surface area contributed by atoms with E-state index in [0.717, 1.165) is 62.3 Å². The second-order valence-electron chi connectivity index (χ2n) is 9.76. The lowest BCUT2D eigenvalue weighted by molar-refractivity contribution is 0.207. The second kappa shape index (κ2) is 10.6. The van der Waals surface area contributed by atoms with Crippen molar-refractivity contribution in [1.82, 2.24) is 24.6 Å². The summed E-state index contributed by atoms with van der Waals surface area (Å²) >= 11 is 0. The molecule has 0 bridgehead atoms. The standard InChI is InChI=1S/C27H37N7/c1-21-25(22(2)34(31-21)24-12-6-5-7-13-24)20-32-16-10-11-23(19-32)29-27-28-15-14-26(30-27)33-17-8-3-4-9-18-33/h5-7,12-15,23H,3-4,8-11,16-20H2,1-2H3,(H,28,29,30). The Labute approximate surface area is 203 Å². The van der Waals surface area contributed by atoms with E-state index in [4.69, 9.17) is 10.1 Å². The number of hydrogen-bond donors (Lipinski definition) is 1. The number of nitrogens with zero attached hydrogens (tertiary/aromatic N) is 6. The Morgan fingerprint density at radius 2 is 1.74 bits per heavy atom. The number of piperidine rings is 1. The van der Waals surface area contributed by atoms with Crippen molar-refractivity contribution in [2.75, 3.05) is 36.4 Å². The number of rotatable bonds is 6. The highest BCUT2D eigenvalue weighted by Gasteiger charge is 2.23. The van der Waals surface area contributed by atoms with Crippen LogP contribution >= 0.6 is 0 Å². The van der Waals surface area contributed by atoms with Gasteiger partial charge in [-0.3, -0.25) is 4.90 Å². The van der Waals surface area contributed by atoms with Crippen molar-refractivity contribution in [3.8, 4) is 5.69 Å². The maximum atomic E-state index is 4.88. The van der Waals surface area contributed by atoms with Crippen LogP contribution in [0.4, 0.5) is 11.8 Å². The van der Waals surface area contributed by atoms with Gasteiger partial charge in [-0.15, -0.1) is 0 Å². The summed E-state index contributed by atoms with van der Waals surface area (Å²) < 4.78 is 2.08. The van der Waals surface area contributed by atoms with Crippen LogP contribution in [-0.2, 0) is 6.54 Å². The molecule has 0 spiro atoms. The molecule has 2 aliphatic rings. The molecule has 1 unspecified atom stereocenters. The SMILES string of the molecule is Cc1nn(-c2ccccc2)c(C)c1CN1CCCC(Nc2nccc(N3CCCCCC3)n2)C1. The normalized spacial score (nSPS) is 19.7. The van der Waals surface area contributed by atoms with Crippen LogP contribution in [0, 0.1) is 13.8 Å². The highest BCUT2D eigenvalue weighted by Crippen LogP contribution is 2.23. The average Bonchev–Trinajstić information content (AvgIpc) is 3.03. The van der Waals surface area contributed by atoms with Crippen LogP contribution in [0.1, 0.15) is 55.5 Å². The fourth-order valence-corrected chi connectivity index (χ4v) is 5.34. The molecule has 0 amide bonds. The first-order valence-corrected chi connectivity index (χ1v) is 12.8. The molecule has 7 nitrogen and oxygen atoms in total. The predicted octanol–water partition coefficient (Wildman–Crippen LogP) is 4.74. The largest absolute Gasteiger partial charge is 0.356 e. The topological polar surface area (TPSA) is 62.1 Å². The number of likely N-dealkylation sites (tertiary alicyclic amines) is 1.